The van der Waals surface area contributed by atoms with Crippen LogP contribution < -0.4 is 47.1 Å². The van der Waals surface area contributed by atoms with Gasteiger partial charge in [0, 0.05) is 19.5 Å². The van der Waals surface area contributed by atoms with E-state index in [2.05, 4.69) is 11.2 Å². The molecule has 2 aromatic rings. The molecule has 1 saturated heterocycles. The Balaban J connectivity index is 0.00000289. The summed E-state index contributed by atoms with van der Waals surface area (Å²) >= 11 is 0. The van der Waals surface area contributed by atoms with Gasteiger partial charge in [0.25, 0.3) is 11.7 Å². The van der Waals surface area contributed by atoms with Gasteiger partial charge in [-0.25, -0.2) is 9.80 Å². The van der Waals surface area contributed by atoms with Gasteiger partial charge in [0.1, 0.15) is 0 Å². The van der Waals surface area contributed by atoms with Gasteiger partial charge in [-0.3, -0.25) is 21.4 Å². The number of halogens is 2. The summed E-state index contributed by atoms with van der Waals surface area (Å²) in [6.45, 7) is 1.63. The highest BCUT2D eigenvalue weighted by Gasteiger charge is 2.27. The summed E-state index contributed by atoms with van der Waals surface area (Å²) in [5.41, 5.74) is 15.1. The molecule has 0 radical (unpaired) electrons. The van der Waals surface area contributed by atoms with Crippen molar-refractivity contribution in [1.82, 2.24) is 15.3 Å². The van der Waals surface area contributed by atoms with E-state index in [9.17, 15) is 9.59 Å². The van der Waals surface area contributed by atoms with Crippen LogP contribution in [0.3, 0.4) is 0 Å². The van der Waals surface area contributed by atoms with Gasteiger partial charge in [-0.1, -0.05) is 55.3 Å². The van der Waals surface area contributed by atoms with E-state index in [4.69, 9.17) is 11.1 Å². The third kappa shape index (κ3) is 8.52. The molecule has 0 bridgehead atoms. The number of carbonyl (C=O) groups excluding carboxylic acids is 2. The standard InChI is InChI=1S/C24H32N6O2.2ClH/c25-21(16-18-8-4-3-5-9-18)23(31)28-30(24(32)29-14-6-1-2-7-15-29)17-19-10-12-20(13-11-19)22(26)27;;/h3-5,8-13,21H,1-2,6-7,14-17,25H2,(H3,26,27)(H,28,31);2*1H. The summed E-state index contributed by atoms with van der Waals surface area (Å²) in [5, 5.41) is 7.05. The minimum absolute atomic E-state index is 0. The molecular weight excluding hydrogens is 475 g/mol. The van der Waals surface area contributed by atoms with Gasteiger partial charge in [0.2, 0.25) is 0 Å². The largest absolute Gasteiger partial charge is 1.00 e. The van der Waals surface area contributed by atoms with E-state index in [0.717, 1.165) is 42.4 Å². The second-order valence-corrected chi connectivity index (χ2v) is 8.28. The molecule has 8 nitrogen and oxygen atoms in total. The average Bonchev–Trinajstić information content (AvgIpc) is 3.08. The minimum atomic E-state index is -0.522. The number of carbonyl (C=O) groups is 2. The van der Waals surface area contributed by atoms with Crippen LogP contribution in [0.25, 0.3) is 0 Å². The van der Waals surface area contributed by atoms with Crippen molar-refractivity contribution in [2.75, 3.05) is 13.1 Å². The van der Waals surface area contributed by atoms with E-state index in [1.54, 1.807) is 12.1 Å². The van der Waals surface area contributed by atoms with E-state index in [1.165, 1.54) is 5.01 Å². The molecule has 2 aromatic carbocycles. The Bertz CT molecular complexity index is 919. The molecule has 8 N–H and O–H groups in total. The van der Waals surface area contributed by atoms with E-state index < -0.39 is 6.04 Å². The summed E-state index contributed by atoms with van der Waals surface area (Å²) in [6, 6.07) is 16.3. The summed E-state index contributed by atoms with van der Waals surface area (Å²) in [7, 11) is 0. The van der Waals surface area contributed by atoms with E-state index in [1.807, 2.05) is 47.4 Å². The van der Waals surface area contributed by atoms with E-state index >= 15 is 0 Å². The lowest BCUT2D eigenvalue weighted by Crippen LogP contribution is -3.00. The van der Waals surface area contributed by atoms with Crippen LogP contribution in [0, 0.1) is 0 Å². The normalized spacial score (nSPS) is 14.0. The van der Waals surface area contributed by atoms with Crippen LogP contribution in [0.15, 0.2) is 54.6 Å². The van der Waals surface area contributed by atoms with Crippen LogP contribution in [0.2, 0.25) is 0 Å². The minimum Gasteiger partial charge on any atom is -1.00 e. The number of amides is 3. The molecule has 0 aliphatic carbocycles. The molecule has 3 rings (SSSR count). The Morgan fingerprint density at radius 1 is 0.971 bits per heavy atom. The van der Waals surface area contributed by atoms with Gasteiger partial charge in [0.15, 0.2) is 6.04 Å². The van der Waals surface area contributed by atoms with Crippen LogP contribution >= 0.6 is 0 Å². The molecule has 0 aromatic heterocycles. The predicted molar refractivity (Wildman–Crippen MR) is 123 cm³/mol. The van der Waals surface area contributed by atoms with Crippen molar-refractivity contribution in [3.8, 4) is 0 Å². The molecule has 1 fully saturated rings. The topological polar surface area (TPSA) is 132 Å². The molecule has 0 spiro atoms. The Labute approximate surface area is 213 Å². The first-order valence-electron chi connectivity index (χ1n) is 11.1. The summed E-state index contributed by atoms with van der Waals surface area (Å²) in [6.07, 6.45) is 4.68. The van der Waals surface area contributed by atoms with Crippen LogP contribution in [0.4, 0.5) is 4.79 Å². The molecule has 0 saturated carbocycles. The quantitative estimate of drug-likeness (QED) is 0.176. The van der Waals surface area contributed by atoms with Gasteiger partial charge >= 0.3 is 6.03 Å². The Morgan fingerprint density at radius 2 is 1.56 bits per heavy atom. The smallest absolute Gasteiger partial charge is 0.339 e. The number of amidine groups is 1. The molecule has 1 aliphatic rings. The number of nitrogens with two attached hydrogens (primary N) is 2. The van der Waals surface area contributed by atoms with Gasteiger partial charge < -0.3 is 35.4 Å². The molecular formula is C24H34Cl2N6O2. The maximum absolute atomic E-state index is 13.3. The number of quaternary nitrogens is 1. The van der Waals surface area contributed by atoms with Crippen molar-refractivity contribution in [2.24, 2.45) is 5.73 Å². The number of rotatable bonds is 6. The molecule has 1 atom stereocenters. The number of likely N-dealkylation sites (tertiary alicyclic amines) is 1. The second kappa shape index (κ2) is 14.5. The number of hydrazine groups is 1. The highest BCUT2D eigenvalue weighted by atomic mass is 35.5. The number of hydrogen-bond acceptors (Lipinski definition) is 2. The van der Waals surface area contributed by atoms with Gasteiger partial charge in [-0.2, -0.15) is 0 Å². The Hall–Kier alpha value is -2.81. The van der Waals surface area contributed by atoms with Gasteiger partial charge in [-0.05, 0) is 36.1 Å². The van der Waals surface area contributed by atoms with Gasteiger partial charge in [0.05, 0.1) is 12.1 Å². The molecule has 1 aliphatic heterocycles. The molecule has 186 valence electrons. The number of nitrogens with one attached hydrogen (secondary N) is 1. The molecule has 1 heterocycles. The van der Waals surface area contributed by atoms with Crippen molar-refractivity contribution in [2.45, 2.75) is 44.7 Å². The summed E-state index contributed by atoms with van der Waals surface area (Å²) in [4.78, 5) is 28.1. The fraction of sp³-hybridized carbons (Fsp3) is 0.375. The molecule has 10 heteroatoms. The highest BCUT2D eigenvalue weighted by molar-refractivity contribution is 5.92. The van der Waals surface area contributed by atoms with Crippen molar-refractivity contribution < 1.29 is 45.5 Å². The Kier molecular flexibility index (Phi) is 12.4. The second-order valence-electron chi connectivity index (χ2n) is 8.28. The lowest BCUT2D eigenvalue weighted by Gasteiger charge is -2.30. The lowest BCUT2D eigenvalue weighted by molar-refractivity contribution is -0.403. The first-order valence-corrected chi connectivity index (χ1v) is 11.1. The fourth-order valence-corrected chi connectivity index (χ4v) is 3.79. The zero-order valence-electron chi connectivity index (χ0n) is 19.3. The fourth-order valence-electron chi connectivity index (χ4n) is 3.79. The van der Waals surface area contributed by atoms with Crippen LogP contribution in [-0.2, 0) is 17.8 Å². The zero-order valence-corrected chi connectivity index (χ0v) is 20.8. The van der Waals surface area contributed by atoms with E-state index in [0.29, 0.717) is 19.5 Å². The first kappa shape index (κ1) is 29.2. The SMILES string of the molecule is NC(=[NH2+])c1ccc(CN(NC(=O)C([NH3+])Cc2ccccc2)C(=O)N2CCCCCC2)cc1.[Cl-].[Cl-]. The Morgan fingerprint density at radius 3 is 2.12 bits per heavy atom. The summed E-state index contributed by atoms with van der Waals surface area (Å²) < 4.78 is 0. The van der Waals surface area contributed by atoms with Crippen LogP contribution in [-0.4, -0.2) is 46.8 Å². The third-order valence-electron chi connectivity index (χ3n) is 5.68. The van der Waals surface area contributed by atoms with E-state index in [-0.39, 0.29) is 49.1 Å². The van der Waals surface area contributed by atoms with Crippen molar-refractivity contribution in [1.29, 1.82) is 0 Å². The predicted octanol–water partition coefficient (Wildman–Crippen LogP) is -6.16. The average molecular weight is 509 g/mol. The zero-order chi connectivity index (χ0) is 22.9. The van der Waals surface area contributed by atoms with Crippen molar-refractivity contribution in [3.05, 3.63) is 71.3 Å². The molecule has 1 unspecified atom stereocenters. The number of urea groups is 1. The third-order valence-corrected chi connectivity index (χ3v) is 5.68. The van der Waals surface area contributed by atoms with Crippen molar-refractivity contribution >= 4 is 17.8 Å². The van der Waals surface area contributed by atoms with Crippen molar-refractivity contribution in [3.63, 3.8) is 0 Å². The van der Waals surface area contributed by atoms with Gasteiger partial charge in [-0.15, -0.1) is 0 Å². The van der Waals surface area contributed by atoms with Crippen LogP contribution in [0.1, 0.15) is 42.4 Å². The monoisotopic (exact) mass is 508 g/mol. The first-order chi connectivity index (χ1) is 15.4. The lowest BCUT2D eigenvalue weighted by atomic mass is 10.1. The number of hydrogen-bond donors (Lipinski definition) is 4. The maximum atomic E-state index is 13.3. The maximum Gasteiger partial charge on any atom is 0.339 e. The highest BCUT2D eigenvalue weighted by Crippen LogP contribution is 2.14. The number of nitrogens with zero attached hydrogens (tertiary/aromatic N) is 2. The summed E-state index contributed by atoms with van der Waals surface area (Å²) in [5.74, 6) is -0.0451. The molecule has 34 heavy (non-hydrogen) atoms. The number of benzene rings is 2. The molecule has 3 amide bonds. The van der Waals surface area contributed by atoms with Crippen LogP contribution in [0.5, 0.6) is 0 Å².